The number of carbonyl (C=O) groups is 1. The number of halogens is 1. The fourth-order valence-electron chi connectivity index (χ4n) is 2.39. The monoisotopic (exact) mass is 391 g/mol. The van der Waals surface area contributed by atoms with E-state index in [0.29, 0.717) is 19.4 Å². The van der Waals surface area contributed by atoms with Crippen LogP contribution in [-0.2, 0) is 17.6 Å². The highest BCUT2D eigenvalue weighted by atomic mass is 79.9. The van der Waals surface area contributed by atoms with Crippen molar-refractivity contribution in [3.63, 3.8) is 0 Å². The Kier molecular flexibility index (Phi) is 7.12. The van der Waals surface area contributed by atoms with Gasteiger partial charge in [0.05, 0.1) is 11.6 Å². The van der Waals surface area contributed by atoms with Gasteiger partial charge in [0.2, 0.25) is 5.91 Å². The summed E-state index contributed by atoms with van der Waals surface area (Å²) in [6.07, 6.45) is 2.93. The Morgan fingerprint density at radius 1 is 1.12 bits per heavy atom. The standard InChI is InChI=1S/C19H22BrNO3/c1-24-18-10-6-15(13-17(18)20)3-2-12-21-19(23)11-7-14-4-8-16(22)9-5-14/h4-6,8-10,13,22H,2-3,7,11-12H2,1H3,(H,21,23). The molecule has 0 radical (unpaired) electrons. The highest BCUT2D eigenvalue weighted by molar-refractivity contribution is 9.10. The van der Waals surface area contributed by atoms with Crippen LogP contribution in [0.2, 0.25) is 0 Å². The lowest BCUT2D eigenvalue weighted by atomic mass is 10.1. The molecule has 2 aromatic rings. The molecule has 0 aliphatic heterocycles. The van der Waals surface area contributed by atoms with Crippen molar-refractivity contribution in [3.05, 3.63) is 58.1 Å². The van der Waals surface area contributed by atoms with Gasteiger partial charge >= 0.3 is 0 Å². The smallest absolute Gasteiger partial charge is 0.220 e. The van der Waals surface area contributed by atoms with Crippen molar-refractivity contribution in [2.24, 2.45) is 0 Å². The van der Waals surface area contributed by atoms with E-state index in [2.05, 4.69) is 21.2 Å². The number of nitrogens with one attached hydrogen (secondary N) is 1. The average molecular weight is 392 g/mol. The minimum atomic E-state index is 0.0546. The zero-order chi connectivity index (χ0) is 17.4. The first-order valence-electron chi connectivity index (χ1n) is 7.95. The van der Waals surface area contributed by atoms with E-state index < -0.39 is 0 Å². The number of aryl methyl sites for hydroxylation is 2. The van der Waals surface area contributed by atoms with E-state index in [-0.39, 0.29) is 11.7 Å². The number of phenols is 1. The van der Waals surface area contributed by atoms with E-state index in [1.807, 2.05) is 30.3 Å². The van der Waals surface area contributed by atoms with E-state index in [1.165, 1.54) is 5.56 Å². The molecule has 1 amide bonds. The molecule has 0 atom stereocenters. The maximum atomic E-state index is 11.8. The number of aromatic hydroxyl groups is 1. The molecular weight excluding hydrogens is 370 g/mol. The Morgan fingerprint density at radius 2 is 1.83 bits per heavy atom. The van der Waals surface area contributed by atoms with Crippen LogP contribution in [0.15, 0.2) is 46.9 Å². The van der Waals surface area contributed by atoms with E-state index >= 15 is 0 Å². The minimum absolute atomic E-state index is 0.0546. The number of hydrogen-bond acceptors (Lipinski definition) is 3. The zero-order valence-electron chi connectivity index (χ0n) is 13.7. The van der Waals surface area contributed by atoms with E-state index in [0.717, 1.165) is 28.6 Å². The van der Waals surface area contributed by atoms with Gasteiger partial charge in [-0.3, -0.25) is 4.79 Å². The number of hydrogen-bond donors (Lipinski definition) is 2. The number of carbonyl (C=O) groups excluding carboxylic acids is 1. The Balaban J connectivity index is 1.65. The average Bonchev–Trinajstić information content (AvgIpc) is 2.58. The second-order valence-electron chi connectivity index (χ2n) is 5.59. The molecule has 0 unspecified atom stereocenters. The van der Waals surface area contributed by atoms with Gasteiger partial charge in [0.15, 0.2) is 0 Å². The Morgan fingerprint density at radius 3 is 2.50 bits per heavy atom. The van der Waals surface area contributed by atoms with Gasteiger partial charge in [0, 0.05) is 13.0 Å². The van der Waals surface area contributed by atoms with Crippen molar-refractivity contribution in [2.75, 3.05) is 13.7 Å². The molecule has 2 aromatic carbocycles. The number of rotatable bonds is 8. The number of amides is 1. The van der Waals surface area contributed by atoms with Crippen LogP contribution in [0.3, 0.4) is 0 Å². The van der Waals surface area contributed by atoms with Crippen molar-refractivity contribution in [3.8, 4) is 11.5 Å². The quantitative estimate of drug-likeness (QED) is 0.671. The maximum Gasteiger partial charge on any atom is 0.220 e. The molecule has 24 heavy (non-hydrogen) atoms. The summed E-state index contributed by atoms with van der Waals surface area (Å²) in [5, 5.41) is 12.2. The third-order valence-corrected chi connectivity index (χ3v) is 4.38. The van der Waals surface area contributed by atoms with E-state index in [9.17, 15) is 9.90 Å². The minimum Gasteiger partial charge on any atom is -0.508 e. The Hall–Kier alpha value is -2.01. The van der Waals surface area contributed by atoms with E-state index in [1.54, 1.807) is 19.2 Å². The van der Waals surface area contributed by atoms with Crippen molar-refractivity contribution < 1.29 is 14.6 Å². The lowest BCUT2D eigenvalue weighted by Crippen LogP contribution is -2.24. The van der Waals surface area contributed by atoms with Crippen LogP contribution in [0.5, 0.6) is 11.5 Å². The molecular formula is C19H22BrNO3. The number of benzene rings is 2. The van der Waals surface area contributed by atoms with Gasteiger partial charge in [0.1, 0.15) is 11.5 Å². The molecule has 5 heteroatoms. The highest BCUT2D eigenvalue weighted by Gasteiger charge is 2.04. The fraction of sp³-hybridized carbons (Fsp3) is 0.316. The summed E-state index contributed by atoms with van der Waals surface area (Å²) in [6.45, 7) is 0.665. The third kappa shape index (κ3) is 5.89. The lowest BCUT2D eigenvalue weighted by molar-refractivity contribution is -0.121. The van der Waals surface area contributed by atoms with Crippen LogP contribution in [-0.4, -0.2) is 24.7 Å². The van der Waals surface area contributed by atoms with E-state index in [4.69, 9.17) is 4.74 Å². The normalized spacial score (nSPS) is 10.4. The van der Waals surface area contributed by atoms with Crippen LogP contribution in [0.1, 0.15) is 24.0 Å². The summed E-state index contributed by atoms with van der Waals surface area (Å²) in [5.74, 6) is 1.12. The zero-order valence-corrected chi connectivity index (χ0v) is 15.3. The molecule has 4 nitrogen and oxygen atoms in total. The van der Waals surface area contributed by atoms with Gasteiger partial charge in [-0.2, -0.15) is 0 Å². The summed E-state index contributed by atoms with van der Waals surface area (Å²) in [6, 6.07) is 13.0. The summed E-state index contributed by atoms with van der Waals surface area (Å²) in [5.41, 5.74) is 2.26. The van der Waals surface area contributed by atoms with Crippen LogP contribution < -0.4 is 10.1 Å². The molecule has 0 fully saturated rings. The van der Waals surface area contributed by atoms with Crippen LogP contribution >= 0.6 is 15.9 Å². The van der Waals surface area contributed by atoms with Crippen molar-refractivity contribution >= 4 is 21.8 Å². The van der Waals surface area contributed by atoms with Crippen LogP contribution in [0.25, 0.3) is 0 Å². The molecule has 0 heterocycles. The SMILES string of the molecule is COc1ccc(CCCNC(=O)CCc2ccc(O)cc2)cc1Br. The topological polar surface area (TPSA) is 58.6 Å². The summed E-state index contributed by atoms with van der Waals surface area (Å²) in [4.78, 5) is 11.8. The summed E-state index contributed by atoms with van der Waals surface area (Å²) < 4.78 is 6.15. The molecule has 0 aromatic heterocycles. The first-order valence-corrected chi connectivity index (χ1v) is 8.75. The van der Waals surface area contributed by atoms with Gasteiger partial charge in [-0.1, -0.05) is 18.2 Å². The van der Waals surface area contributed by atoms with Crippen molar-refractivity contribution in [2.45, 2.75) is 25.7 Å². The molecule has 128 valence electrons. The first kappa shape index (κ1) is 18.3. The number of methoxy groups -OCH3 is 1. The predicted molar refractivity (Wildman–Crippen MR) is 98.5 cm³/mol. The Bertz CT molecular complexity index is 671. The second kappa shape index (κ2) is 9.33. The van der Waals surface area contributed by atoms with Crippen LogP contribution in [0, 0.1) is 0 Å². The molecule has 0 saturated carbocycles. The van der Waals surface area contributed by atoms with Gasteiger partial charge in [0.25, 0.3) is 0 Å². The summed E-state index contributed by atoms with van der Waals surface area (Å²) in [7, 11) is 1.65. The molecule has 0 spiro atoms. The first-order chi connectivity index (χ1) is 11.6. The van der Waals surface area contributed by atoms with Crippen molar-refractivity contribution in [1.29, 1.82) is 0 Å². The largest absolute Gasteiger partial charge is 0.508 e. The lowest BCUT2D eigenvalue weighted by Gasteiger charge is -2.08. The molecule has 2 N–H and O–H groups in total. The highest BCUT2D eigenvalue weighted by Crippen LogP contribution is 2.25. The molecule has 0 aliphatic rings. The fourth-order valence-corrected chi connectivity index (χ4v) is 2.98. The Labute approximate surface area is 151 Å². The second-order valence-corrected chi connectivity index (χ2v) is 6.44. The molecule has 2 rings (SSSR count). The number of ether oxygens (including phenoxy) is 1. The summed E-state index contributed by atoms with van der Waals surface area (Å²) >= 11 is 3.48. The molecule has 0 bridgehead atoms. The molecule has 0 saturated heterocycles. The van der Waals surface area contributed by atoms with Gasteiger partial charge in [-0.15, -0.1) is 0 Å². The molecule has 0 aliphatic carbocycles. The van der Waals surface area contributed by atoms with Gasteiger partial charge in [-0.05, 0) is 70.6 Å². The maximum absolute atomic E-state index is 11.8. The van der Waals surface area contributed by atoms with Crippen LogP contribution in [0.4, 0.5) is 0 Å². The third-order valence-electron chi connectivity index (χ3n) is 3.76. The van der Waals surface area contributed by atoms with Gasteiger partial charge in [-0.25, -0.2) is 0 Å². The van der Waals surface area contributed by atoms with Crippen molar-refractivity contribution in [1.82, 2.24) is 5.32 Å². The number of phenolic OH excluding ortho intramolecular Hbond substituents is 1. The van der Waals surface area contributed by atoms with Gasteiger partial charge < -0.3 is 15.2 Å². The predicted octanol–water partition coefficient (Wildman–Crippen LogP) is 3.84.